The van der Waals surface area contributed by atoms with Crippen LogP contribution in [-0.2, 0) is 14.3 Å². The van der Waals surface area contributed by atoms with Crippen molar-refractivity contribution >= 4 is 18.0 Å². The summed E-state index contributed by atoms with van der Waals surface area (Å²) in [5.41, 5.74) is 4.72. The van der Waals surface area contributed by atoms with E-state index in [1.165, 1.54) is 22.3 Å². The first-order chi connectivity index (χ1) is 16.4. The summed E-state index contributed by atoms with van der Waals surface area (Å²) in [5, 5.41) is 12.0. The number of nitrogens with zero attached hydrogens (tertiary/aromatic N) is 1. The van der Waals surface area contributed by atoms with Crippen LogP contribution in [-0.4, -0.2) is 53.7 Å². The van der Waals surface area contributed by atoms with Gasteiger partial charge in [-0.05, 0) is 47.9 Å². The maximum Gasteiger partial charge on any atom is 0.407 e. The minimum atomic E-state index is -0.844. The Morgan fingerprint density at radius 2 is 1.71 bits per heavy atom. The van der Waals surface area contributed by atoms with Crippen LogP contribution in [0.5, 0.6) is 0 Å². The maximum atomic E-state index is 12.6. The van der Waals surface area contributed by atoms with Crippen LogP contribution in [0.3, 0.4) is 0 Å². The molecule has 0 spiro atoms. The van der Waals surface area contributed by atoms with E-state index in [-0.39, 0.29) is 30.4 Å². The van der Waals surface area contributed by atoms with Crippen molar-refractivity contribution in [3.63, 3.8) is 0 Å². The summed E-state index contributed by atoms with van der Waals surface area (Å²) in [6.07, 6.45) is 1.02. The van der Waals surface area contributed by atoms with Crippen molar-refractivity contribution in [2.75, 3.05) is 19.7 Å². The molecule has 3 atom stereocenters. The number of carboxylic acids is 1. The lowest BCUT2D eigenvalue weighted by molar-refractivity contribution is -0.143. The monoisotopic (exact) mass is 464 g/mol. The van der Waals surface area contributed by atoms with Crippen molar-refractivity contribution in [2.24, 2.45) is 11.8 Å². The molecule has 34 heavy (non-hydrogen) atoms. The SMILES string of the molecule is CC(CCNC(=O)OCC1c2ccccc2-c2ccccc21)CC(=O)N1CCC(C(=O)O)C1C. The Labute approximate surface area is 200 Å². The molecule has 7 nitrogen and oxygen atoms in total. The van der Waals surface area contributed by atoms with Crippen LogP contribution in [0.25, 0.3) is 11.1 Å². The normalized spacial score (nSPS) is 19.9. The highest BCUT2D eigenvalue weighted by molar-refractivity contribution is 5.80. The molecule has 2 N–H and O–H groups in total. The molecule has 1 saturated heterocycles. The number of amides is 2. The third-order valence-electron chi connectivity index (χ3n) is 7.17. The molecule has 4 rings (SSSR count). The molecule has 1 aliphatic heterocycles. The highest BCUT2D eigenvalue weighted by atomic mass is 16.5. The van der Waals surface area contributed by atoms with Gasteiger partial charge in [-0.15, -0.1) is 0 Å². The van der Waals surface area contributed by atoms with E-state index in [9.17, 15) is 19.5 Å². The molecule has 0 bridgehead atoms. The quantitative estimate of drug-likeness (QED) is 0.609. The zero-order valence-corrected chi connectivity index (χ0v) is 19.7. The molecule has 2 amide bonds. The number of carboxylic acid groups (broad SMARTS) is 1. The third-order valence-corrected chi connectivity index (χ3v) is 7.17. The molecule has 0 radical (unpaired) electrons. The summed E-state index contributed by atoms with van der Waals surface area (Å²) >= 11 is 0. The van der Waals surface area contributed by atoms with Crippen LogP contribution in [0.4, 0.5) is 4.79 Å². The smallest absolute Gasteiger partial charge is 0.407 e. The molecule has 3 unspecified atom stereocenters. The number of hydrogen-bond donors (Lipinski definition) is 2. The topological polar surface area (TPSA) is 95.9 Å². The van der Waals surface area contributed by atoms with E-state index < -0.39 is 18.0 Å². The van der Waals surface area contributed by atoms with Gasteiger partial charge >= 0.3 is 12.1 Å². The van der Waals surface area contributed by atoms with Crippen molar-refractivity contribution in [3.8, 4) is 11.1 Å². The standard InChI is InChI=1S/C27H32N2O5/c1-17(15-25(30)29-14-12-19(18(29)2)26(31)32)11-13-28-27(33)34-16-24-22-9-5-3-7-20(22)21-8-4-6-10-23(21)24/h3-10,17-19,24H,11-16H2,1-2H3,(H,28,33)(H,31,32). The van der Waals surface area contributed by atoms with E-state index in [1.807, 2.05) is 31.2 Å². The second-order valence-electron chi connectivity index (χ2n) is 9.41. The number of carbonyl (C=O) groups excluding carboxylic acids is 2. The first-order valence-electron chi connectivity index (χ1n) is 12.0. The Kier molecular flexibility index (Phi) is 7.20. The van der Waals surface area contributed by atoms with E-state index in [4.69, 9.17) is 4.74 Å². The summed E-state index contributed by atoms with van der Waals surface area (Å²) in [7, 11) is 0. The fourth-order valence-corrected chi connectivity index (χ4v) is 5.21. The minimum absolute atomic E-state index is 0.0202. The van der Waals surface area contributed by atoms with Gasteiger partial charge in [0.1, 0.15) is 6.61 Å². The van der Waals surface area contributed by atoms with Gasteiger partial charge in [-0.25, -0.2) is 4.79 Å². The summed E-state index contributed by atoms with van der Waals surface area (Å²) in [5.74, 6) is -1.27. The Morgan fingerprint density at radius 3 is 2.29 bits per heavy atom. The van der Waals surface area contributed by atoms with Gasteiger partial charge < -0.3 is 20.1 Å². The van der Waals surface area contributed by atoms with Crippen molar-refractivity contribution in [3.05, 3.63) is 59.7 Å². The molecule has 1 heterocycles. The highest BCUT2D eigenvalue weighted by Crippen LogP contribution is 2.44. The van der Waals surface area contributed by atoms with Crippen LogP contribution < -0.4 is 5.32 Å². The molecule has 2 aromatic carbocycles. The Balaban J connectivity index is 1.21. The highest BCUT2D eigenvalue weighted by Gasteiger charge is 2.38. The number of alkyl carbamates (subject to hydrolysis) is 1. The van der Waals surface area contributed by atoms with Crippen molar-refractivity contribution in [2.45, 2.75) is 45.1 Å². The number of benzene rings is 2. The van der Waals surface area contributed by atoms with E-state index in [1.54, 1.807) is 11.8 Å². The number of hydrogen-bond acceptors (Lipinski definition) is 4. The van der Waals surface area contributed by atoms with Gasteiger partial charge in [0.15, 0.2) is 0 Å². The number of aliphatic carboxylic acids is 1. The first kappa shape index (κ1) is 23.8. The maximum absolute atomic E-state index is 12.6. The second kappa shape index (κ2) is 10.3. The number of ether oxygens (including phenoxy) is 1. The summed E-state index contributed by atoms with van der Waals surface area (Å²) in [4.78, 5) is 37.9. The third kappa shape index (κ3) is 4.93. The van der Waals surface area contributed by atoms with Crippen LogP contribution >= 0.6 is 0 Å². The zero-order valence-electron chi connectivity index (χ0n) is 19.7. The van der Waals surface area contributed by atoms with E-state index in [0.29, 0.717) is 32.4 Å². The molecular formula is C27H32N2O5. The Bertz CT molecular complexity index is 1020. The van der Waals surface area contributed by atoms with Gasteiger partial charge in [0.05, 0.1) is 5.92 Å². The Morgan fingerprint density at radius 1 is 1.09 bits per heavy atom. The van der Waals surface area contributed by atoms with E-state index in [2.05, 4.69) is 29.6 Å². The van der Waals surface area contributed by atoms with E-state index in [0.717, 1.165) is 0 Å². The fourth-order valence-electron chi connectivity index (χ4n) is 5.21. The van der Waals surface area contributed by atoms with Gasteiger partial charge in [-0.1, -0.05) is 55.5 Å². The predicted octanol–water partition coefficient (Wildman–Crippen LogP) is 4.26. The molecule has 1 aliphatic carbocycles. The second-order valence-corrected chi connectivity index (χ2v) is 9.41. The van der Waals surface area contributed by atoms with Crippen molar-refractivity contribution in [1.29, 1.82) is 0 Å². The summed E-state index contributed by atoms with van der Waals surface area (Å²) < 4.78 is 5.55. The van der Waals surface area contributed by atoms with Crippen molar-refractivity contribution in [1.82, 2.24) is 10.2 Å². The summed E-state index contributed by atoms with van der Waals surface area (Å²) in [6, 6.07) is 16.1. The van der Waals surface area contributed by atoms with Gasteiger partial charge in [0.25, 0.3) is 0 Å². The van der Waals surface area contributed by atoms with Gasteiger partial charge in [0.2, 0.25) is 5.91 Å². The molecular weight excluding hydrogens is 432 g/mol. The predicted molar refractivity (Wildman–Crippen MR) is 128 cm³/mol. The molecule has 2 aliphatic rings. The molecule has 0 aromatic heterocycles. The molecule has 180 valence electrons. The number of fused-ring (bicyclic) bond motifs is 3. The van der Waals surface area contributed by atoms with Gasteiger partial charge in [0, 0.05) is 31.5 Å². The van der Waals surface area contributed by atoms with Crippen LogP contribution in [0.1, 0.15) is 50.2 Å². The van der Waals surface area contributed by atoms with E-state index >= 15 is 0 Å². The number of carbonyl (C=O) groups is 3. The molecule has 0 saturated carbocycles. The minimum Gasteiger partial charge on any atom is -0.481 e. The van der Waals surface area contributed by atoms with Crippen LogP contribution in [0.2, 0.25) is 0 Å². The van der Waals surface area contributed by atoms with Crippen LogP contribution in [0.15, 0.2) is 48.5 Å². The number of rotatable bonds is 8. The van der Waals surface area contributed by atoms with Gasteiger partial charge in [-0.2, -0.15) is 0 Å². The molecule has 2 aromatic rings. The number of likely N-dealkylation sites (tertiary alicyclic amines) is 1. The zero-order chi connectivity index (χ0) is 24.2. The molecule has 7 heteroatoms. The van der Waals surface area contributed by atoms with Crippen molar-refractivity contribution < 1.29 is 24.2 Å². The number of nitrogens with one attached hydrogen (secondary N) is 1. The lowest BCUT2D eigenvalue weighted by Crippen LogP contribution is -2.38. The average Bonchev–Trinajstić information content (AvgIpc) is 3.36. The molecule has 1 fully saturated rings. The Hall–Kier alpha value is -3.35. The fraction of sp³-hybridized carbons (Fsp3) is 0.444. The summed E-state index contributed by atoms with van der Waals surface area (Å²) in [6.45, 7) is 4.94. The van der Waals surface area contributed by atoms with Gasteiger partial charge in [-0.3, -0.25) is 9.59 Å². The lowest BCUT2D eigenvalue weighted by atomic mass is 9.98. The first-order valence-corrected chi connectivity index (χ1v) is 12.0. The van der Waals surface area contributed by atoms with Crippen LogP contribution in [0, 0.1) is 11.8 Å². The lowest BCUT2D eigenvalue weighted by Gasteiger charge is -2.24. The largest absolute Gasteiger partial charge is 0.481 e. The average molecular weight is 465 g/mol.